The first-order chi connectivity index (χ1) is 6.75. The van der Waals surface area contributed by atoms with Gasteiger partial charge in [-0.05, 0) is 50.1 Å². The molecule has 1 radical (unpaired) electrons. The summed E-state index contributed by atoms with van der Waals surface area (Å²) in [6, 6.07) is 5.53. The molecule has 1 aromatic carbocycles. The largest absolute Gasteiger partial charge is 0.437 e. The van der Waals surface area contributed by atoms with Crippen molar-refractivity contribution in [1.82, 2.24) is 4.98 Å². The molecular formula is C9H4Br2NO2. The van der Waals surface area contributed by atoms with Gasteiger partial charge >= 0.3 is 0 Å². The Balaban J connectivity index is 2.22. The molecule has 14 heavy (non-hydrogen) atoms. The number of hydrogen-bond acceptors (Lipinski definition) is 3. The lowest BCUT2D eigenvalue weighted by atomic mass is 10.3. The third kappa shape index (κ3) is 2.16. The Morgan fingerprint density at radius 2 is 2.14 bits per heavy atom. The number of aromatic nitrogens is 1. The smallest absolute Gasteiger partial charge is 0.287 e. The van der Waals surface area contributed by atoms with E-state index in [0.29, 0.717) is 11.6 Å². The van der Waals surface area contributed by atoms with Crippen molar-refractivity contribution in [2.45, 2.75) is 0 Å². The first-order valence-corrected chi connectivity index (χ1v) is 5.29. The molecule has 0 saturated heterocycles. The molecule has 2 aromatic rings. The molecule has 0 fully saturated rings. The average molecular weight is 318 g/mol. The summed E-state index contributed by atoms with van der Waals surface area (Å²) in [5.74, 6) is 1.07. The normalized spacial score (nSPS) is 10.1. The van der Waals surface area contributed by atoms with Crippen LogP contribution in [-0.4, -0.2) is 4.98 Å². The van der Waals surface area contributed by atoms with Gasteiger partial charge in [0.1, 0.15) is 5.75 Å². The zero-order valence-corrected chi connectivity index (χ0v) is 10.0. The van der Waals surface area contributed by atoms with Crippen molar-refractivity contribution in [1.29, 1.82) is 0 Å². The molecule has 0 amide bonds. The number of ether oxygens (including phenoxy) is 1. The molecule has 0 atom stereocenters. The van der Waals surface area contributed by atoms with Crippen LogP contribution in [0.25, 0.3) is 0 Å². The van der Waals surface area contributed by atoms with E-state index in [1.54, 1.807) is 0 Å². The second-order valence-electron chi connectivity index (χ2n) is 2.46. The highest BCUT2D eigenvalue weighted by atomic mass is 79.9. The van der Waals surface area contributed by atoms with Crippen molar-refractivity contribution in [3.63, 3.8) is 0 Å². The molecule has 2 rings (SSSR count). The van der Waals surface area contributed by atoms with Crippen molar-refractivity contribution in [2.75, 3.05) is 0 Å². The molecule has 71 valence electrons. The maximum absolute atomic E-state index is 5.37. The van der Waals surface area contributed by atoms with Crippen LogP contribution in [0.4, 0.5) is 0 Å². The summed E-state index contributed by atoms with van der Waals surface area (Å²) in [4.78, 5) is 3.72. The molecule has 3 nitrogen and oxygen atoms in total. The molecular weight excluding hydrogens is 314 g/mol. The number of benzene rings is 1. The Hall–Kier alpha value is -0.810. The predicted molar refractivity (Wildman–Crippen MR) is 57.3 cm³/mol. The summed E-state index contributed by atoms with van der Waals surface area (Å²) < 4.78 is 11.9. The summed E-state index contributed by atoms with van der Waals surface area (Å²) >= 11 is 6.74. The van der Waals surface area contributed by atoms with Crippen LogP contribution >= 0.6 is 31.9 Å². The highest BCUT2D eigenvalue weighted by Crippen LogP contribution is 2.29. The van der Waals surface area contributed by atoms with E-state index in [1.807, 2.05) is 18.2 Å². The molecule has 0 spiro atoms. The number of hydrogen-bond donors (Lipinski definition) is 0. The Morgan fingerprint density at radius 3 is 2.79 bits per heavy atom. The monoisotopic (exact) mass is 316 g/mol. The third-order valence-electron chi connectivity index (χ3n) is 1.48. The third-order valence-corrected chi connectivity index (χ3v) is 3.36. The SMILES string of the molecule is Brc1ccc(Oc2co[c]n2)cc1Br. The van der Waals surface area contributed by atoms with E-state index in [9.17, 15) is 0 Å². The Kier molecular flexibility index (Phi) is 2.88. The molecule has 0 aliphatic carbocycles. The van der Waals surface area contributed by atoms with Crippen molar-refractivity contribution < 1.29 is 9.15 Å². The zero-order chi connectivity index (χ0) is 9.97. The van der Waals surface area contributed by atoms with Gasteiger partial charge in [0.15, 0.2) is 6.26 Å². The molecule has 0 unspecified atom stereocenters. The van der Waals surface area contributed by atoms with Crippen molar-refractivity contribution in [3.8, 4) is 11.6 Å². The number of rotatable bonds is 2. The summed E-state index contributed by atoms with van der Waals surface area (Å²) in [6.07, 6.45) is 3.69. The molecule has 1 heterocycles. The van der Waals surface area contributed by atoms with E-state index in [0.717, 1.165) is 8.95 Å². The van der Waals surface area contributed by atoms with Crippen LogP contribution in [0.1, 0.15) is 0 Å². The van der Waals surface area contributed by atoms with Crippen LogP contribution < -0.4 is 4.74 Å². The van der Waals surface area contributed by atoms with Gasteiger partial charge in [-0.3, -0.25) is 0 Å². The fraction of sp³-hybridized carbons (Fsp3) is 0. The van der Waals surface area contributed by atoms with E-state index in [1.165, 1.54) is 6.26 Å². The minimum absolute atomic E-state index is 0.388. The van der Waals surface area contributed by atoms with Gasteiger partial charge in [-0.15, -0.1) is 0 Å². The Morgan fingerprint density at radius 1 is 1.29 bits per heavy atom. The van der Waals surface area contributed by atoms with Crippen LogP contribution in [0.15, 0.2) is 37.8 Å². The van der Waals surface area contributed by atoms with Gasteiger partial charge < -0.3 is 9.15 Å². The summed E-state index contributed by atoms with van der Waals surface area (Å²) in [6.45, 7) is 0. The van der Waals surface area contributed by atoms with Crippen molar-refractivity contribution in [3.05, 3.63) is 39.8 Å². The van der Waals surface area contributed by atoms with E-state index in [4.69, 9.17) is 4.74 Å². The van der Waals surface area contributed by atoms with E-state index >= 15 is 0 Å². The van der Waals surface area contributed by atoms with Gasteiger partial charge in [-0.25, -0.2) is 0 Å². The maximum Gasteiger partial charge on any atom is 0.287 e. The second kappa shape index (κ2) is 4.14. The first-order valence-electron chi connectivity index (χ1n) is 3.70. The lowest BCUT2D eigenvalue weighted by molar-refractivity contribution is 0.457. The second-order valence-corrected chi connectivity index (χ2v) is 4.16. The standard InChI is InChI=1S/C9H4Br2NO2/c10-7-2-1-6(3-8(7)11)14-9-4-13-5-12-9/h1-4H. The van der Waals surface area contributed by atoms with Crippen LogP contribution in [0.3, 0.4) is 0 Å². The molecule has 0 saturated carbocycles. The summed E-state index contributed by atoms with van der Waals surface area (Å²) in [5, 5.41) is 0. The van der Waals surface area contributed by atoms with Gasteiger partial charge in [0.25, 0.3) is 12.3 Å². The van der Waals surface area contributed by atoms with Crippen molar-refractivity contribution in [2.24, 2.45) is 0 Å². The van der Waals surface area contributed by atoms with Crippen molar-refractivity contribution >= 4 is 31.9 Å². The highest BCUT2D eigenvalue weighted by Gasteiger charge is 2.02. The highest BCUT2D eigenvalue weighted by molar-refractivity contribution is 9.13. The quantitative estimate of drug-likeness (QED) is 0.845. The average Bonchev–Trinajstić information content (AvgIpc) is 2.64. The van der Waals surface area contributed by atoms with Gasteiger partial charge in [-0.1, -0.05) is 0 Å². The fourth-order valence-corrected chi connectivity index (χ4v) is 1.49. The molecule has 5 heteroatoms. The molecule has 0 bridgehead atoms. The minimum Gasteiger partial charge on any atom is -0.437 e. The van der Waals surface area contributed by atoms with Gasteiger partial charge in [0.05, 0.1) is 0 Å². The predicted octanol–water partition coefficient (Wildman–Crippen LogP) is 3.79. The lowest BCUT2D eigenvalue weighted by Gasteiger charge is -2.02. The molecule has 0 aliphatic heterocycles. The van der Waals surface area contributed by atoms with Crippen LogP contribution in [0.5, 0.6) is 11.6 Å². The Labute approximate surface area is 97.4 Å². The number of nitrogens with zero attached hydrogens (tertiary/aromatic N) is 1. The van der Waals surface area contributed by atoms with E-state index in [-0.39, 0.29) is 0 Å². The van der Waals surface area contributed by atoms with Gasteiger partial charge in [-0.2, -0.15) is 4.98 Å². The summed E-state index contributed by atoms with van der Waals surface area (Å²) in [7, 11) is 0. The molecule has 0 aliphatic rings. The maximum atomic E-state index is 5.37. The van der Waals surface area contributed by atoms with Crippen LogP contribution in [-0.2, 0) is 0 Å². The Bertz CT molecular complexity index is 428. The minimum atomic E-state index is 0.388. The molecule has 0 N–H and O–H groups in total. The topological polar surface area (TPSA) is 35.3 Å². The van der Waals surface area contributed by atoms with Gasteiger partial charge in [0.2, 0.25) is 0 Å². The van der Waals surface area contributed by atoms with Crippen LogP contribution in [0, 0.1) is 6.39 Å². The van der Waals surface area contributed by atoms with Crippen LogP contribution in [0.2, 0.25) is 0 Å². The van der Waals surface area contributed by atoms with Gasteiger partial charge in [0, 0.05) is 8.95 Å². The molecule has 1 aromatic heterocycles. The van der Waals surface area contributed by atoms with E-state index in [2.05, 4.69) is 47.7 Å². The zero-order valence-electron chi connectivity index (χ0n) is 6.83. The number of halogens is 2. The summed E-state index contributed by atoms with van der Waals surface area (Å²) in [5.41, 5.74) is 0. The number of oxazole rings is 1. The lowest BCUT2D eigenvalue weighted by Crippen LogP contribution is -1.83. The first kappa shape index (κ1) is 9.73. The van der Waals surface area contributed by atoms with E-state index < -0.39 is 0 Å². The fourth-order valence-electron chi connectivity index (χ4n) is 0.882.